The molecular weight excluding hydrogens is 390 g/mol. The Bertz CT molecular complexity index is 968. The summed E-state index contributed by atoms with van der Waals surface area (Å²) in [4.78, 5) is 18.5. The largest absolute Gasteiger partial charge is 0.506 e. The topological polar surface area (TPSA) is 87.7 Å². The van der Waals surface area contributed by atoms with E-state index in [1.54, 1.807) is 35.2 Å². The van der Waals surface area contributed by atoms with Gasteiger partial charge < -0.3 is 16.2 Å². The van der Waals surface area contributed by atoms with Crippen molar-refractivity contribution in [2.75, 3.05) is 11.6 Å². The van der Waals surface area contributed by atoms with Gasteiger partial charge in [-0.3, -0.25) is 4.79 Å². The third-order valence-corrected chi connectivity index (χ3v) is 5.70. The van der Waals surface area contributed by atoms with Gasteiger partial charge in [-0.05, 0) is 60.0 Å². The number of thioether (sulfide) groups is 1. The predicted octanol–water partition coefficient (Wildman–Crippen LogP) is 4.78. The lowest BCUT2D eigenvalue weighted by atomic mass is 10.1. The first-order chi connectivity index (χ1) is 13.5. The number of aryl methyl sites for hydroxylation is 1. The van der Waals surface area contributed by atoms with E-state index in [-0.39, 0.29) is 11.7 Å². The zero-order valence-corrected chi connectivity index (χ0v) is 17.0. The molecule has 3 aromatic rings. The molecule has 7 heteroatoms. The fraction of sp³-hybridized carbons (Fsp3) is 0.143. The van der Waals surface area contributed by atoms with Gasteiger partial charge >= 0.3 is 0 Å². The number of thiophene rings is 1. The molecule has 2 aromatic carbocycles. The van der Waals surface area contributed by atoms with Crippen molar-refractivity contribution in [2.24, 2.45) is 10.7 Å². The van der Waals surface area contributed by atoms with Crippen molar-refractivity contribution in [1.82, 2.24) is 0 Å². The summed E-state index contributed by atoms with van der Waals surface area (Å²) in [5, 5.41) is 14.6. The van der Waals surface area contributed by atoms with Crippen LogP contribution in [0.2, 0.25) is 0 Å². The Morgan fingerprint density at radius 3 is 2.68 bits per heavy atom. The minimum Gasteiger partial charge on any atom is -0.506 e. The maximum Gasteiger partial charge on any atom is 0.224 e. The molecule has 0 aliphatic heterocycles. The van der Waals surface area contributed by atoms with Gasteiger partial charge in [0, 0.05) is 11.3 Å². The summed E-state index contributed by atoms with van der Waals surface area (Å²) in [5.41, 5.74) is 8.24. The van der Waals surface area contributed by atoms with Gasteiger partial charge in [-0.15, -0.1) is 23.1 Å². The highest BCUT2D eigenvalue weighted by Crippen LogP contribution is 2.28. The third-order valence-electron chi connectivity index (χ3n) is 4.08. The number of hydrogen-bond donors (Lipinski definition) is 3. The fourth-order valence-corrected chi connectivity index (χ4v) is 3.64. The molecule has 28 heavy (non-hydrogen) atoms. The van der Waals surface area contributed by atoms with Crippen molar-refractivity contribution in [1.29, 1.82) is 0 Å². The third kappa shape index (κ3) is 5.37. The SMILES string of the molecule is CSc1ccc(O)c(NC(=O)CCc2ccc(N=C(N)c3cccs3)cc2)c1. The molecule has 3 rings (SSSR count). The number of carbonyl (C=O) groups is 1. The van der Waals surface area contributed by atoms with Gasteiger partial charge in [-0.2, -0.15) is 0 Å². The van der Waals surface area contributed by atoms with Crippen molar-refractivity contribution >= 4 is 46.2 Å². The first-order valence-electron chi connectivity index (χ1n) is 8.69. The molecule has 0 saturated heterocycles. The highest BCUT2D eigenvalue weighted by molar-refractivity contribution is 7.98. The molecule has 0 radical (unpaired) electrons. The molecule has 0 atom stereocenters. The van der Waals surface area contributed by atoms with Crippen molar-refractivity contribution in [3.8, 4) is 5.75 Å². The highest BCUT2D eigenvalue weighted by Gasteiger charge is 2.08. The number of nitrogens with one attached hydrogen (secondary N) is 1. The Labute approximate surface area is 172 Å². The number of benzene rings is 2. The zero-order chi connectivity index (χ0) is 19.9. The smallest absolute Gasteiger partial charge is 0.224 e. The zero-order valence-electron chi connectivity index (χ0n) is 15.4. The van der Waals surface area contributed by atoms with Gasteiger partial charge in [-0.1, -0.05) is 18.2 Å². The van der Waals surface area contributed by atoms with Crippen LogP contribution in [0.15, 0.2) is 69.9 Å². The quantitative estimate of drug-likeness (QED) is 0.226. The molecule has 144 valence electrons. The molecule has 0 aliphatic rings. The number of rotatable bonds is 7. The second kappa shape index (κ2) is 9.43. The summed E-state index contributed by atoms with van der Waals surface area (Å²) in [5.74, 6) is 0.420. The summed E-state index contributed by atoms with van der Waals surface area (Å²) in [6, 6.07) is 16.7. The van der Waals surface area contributed by atoms with Crippen molar-refractivity contribution in [3.63, 3.8) is 0 Å². The Morgan fingerprint density at radius 2 is 2.00 bits per heavy atom. The van der Waals surface area contributed by atoms with E-state index in [0.29, 0.717) is 24.4 Å². The van der Waals surface area contributed by atoms with Crippen LogP contribution in [0.3, 0.4) is 0 Å². The fourth-order valence-electron chi connectivity index (χ4n) is 2.57. The Kier molecular flexibility index (Phi) is 6.73. The van der Waals surface area contributed by atoms with Crippen LogP contribution in [0.4, 0.5) is 11.4 Å². The van der Waals surface area contributed by atoms with Gasteiger partial charge in [0.1, 0.15) is 11.6 Å². The number of phenolic OH excluding ortho intramolecular Hbond substituents is 1. The van der Waals surface area contributed by atoms with Gasteiger partial charge in [0.2, 0.25) is 5.91 Å². The van der Waals surface area contributed by atoms with Gasteiger partial charge in [-0.25, -0.2) is 4.99 Å². The number of nitrogens with zero attached hydrogens (tertiary/aromatic N) is 1. The molecule has 1 heterocycles. The Balaban J connectivity index is 1.56. The van der Waals surface area contributed by atoms with Crippen LogP contribution in [-0.4, -0.2) is 23.1 Å². The Morgan fingerprint density at radius 1 is 1.21 bits per heavy atom. The summed E-state index contributed by atoms with van der Waals surface area (Å²) in [6.45, 7) is 0. The second-order valence-corrected chi connectivity index (χ2v) is 7.90. The molecule has 0 bridgehead atoms. The second-order valence-electron chi connectivity index (χ2n) is 6.07. The molecule has 1 amide bonds. The van der Waals surface area contributed by atoms with E-state index in [2.05, 4.69) is 10.3 Å². The number of nitrogens with two attached hydrogens (primary N) is 1. The van der Waals surface area contributed by atoms with Crippen LogP contribution >= 0.6 is 23.1 Å². The van der Waals surface area contributed by atoms with Crippen molar-refractivity contribution in [2.45, 2.75) is 17.7 Å². The summed E-state index contributed by atoms with van der Waals surface area (Å²) in [7, 11) is 0. The van der Waals surface area contributed by atoms with Crippen LogP contribution in [0.1, 0.15) is 16.9 Å². The van der Waals surface area contributed by atoms with Gasteiger partial charge in [0.05, 0.1) is 16.3 Å². The minimum absolute atomic E-state index is 0.0664. The van der Waals surface area contributed by atoms with Crippen LogP contribution in [0.25, 0.3) is 0 Å². The Hall–Kier alpha value is -2.77. The molecule has 0 aliphatic carbocycles. The summed E-state index contributed by atoms with van der Waals surface area (Å²) in [6.07, 6.45) is 2.86. The number of carbonyl (C=O) groups excluding carboxylic acids is 1. The van der Waals surface area contributed by atoms with E-state index in [1.165, 1.54) is 0 Å². The average molecular weight is 412 g/mol. The number of amides is 1. The molecule has 1 aromatic heterocycles. The maximum atomic E-state index is 12.2. The van der Waals surface area contributed by atoms with E-state index >= 15 is 0 Å². The van der Waals surface area contributed by atoms with Gasteiger partial charge in [0.15, 0.2) is 0 Å². The molecule has 0 spiro atoms. The number of aromatic hydroxyl groups is 1. The first-order valence-corrected chi connectivity index (χ1v) is 10.8. The maximum absolute atomic E-state index is 12.2. The molecule has 4 N–H and O–H groups in total. The van der Waals surface area contributed by atoms with Gasteiger partial charge in [0.25, 0.3) is 0 Å². The monoisotopic (exact) mass is 411 g/mol. The number of phenols is 1. The molecular formula is C21H21N3O2S2. The molecule has 0 unspecified atom stereocenters. The standard InChI is InChI=1S/C21H21N3O2S2/c1-27-16-9-10-18(25)17(13-16)24-20(26)11-6-14-4-7-15(8-5-14)23-21(22)19-3-2-12-28-19/h2-5,7-10,12-13,25H,6,11H2,1H3,(H2,22,23)(H,24,26). The lowest BCUT2D eigenvalue weighted by Gasteiger charge is -2.09. The lowest BCUT2D eigenvalue weighted by Crippen LogP contribution is -2.12. The predicted molar refractivity (Wildman–Crippen MR) is 118 cm³/mol. The average Bonchev–Trinajstić information content (AvgIpc) is 3.24. The van der Waals surface area contributed by atoms with E-state index in [1.807, 2.05) is 54.1 Å². The van der Waals surface area contributed by atoms with Crippen LogP contribution in [0, 0.1) is 0 Å². The van der Waals surface area contributed by atoms with E-state index in [9.17, 15) is 9.90 Å². The summed E-state index contributed by atoms with van der Waals surface area (Å²) >= 11 is 3.10. The number of aliphatic imine (C=N–C) groups is 1. The van der Waals surface area contributed by atoms with E-state index in [0.717, 1.165) is 21.0 Å². The van der Waals surface area contributed by atoms with E-state index in [4.69, 9.17) is 5.73 Å². The summed E-state index contributed by atoms with van der Waals surface area (Å²) < 4.78 is 0. The minimum atomic E-state index is -0.141. The molecule has 5 nitrogen and oxygen atoms in total. The first kappa shape index (κ1) is 20.0. The number of hydrogen-bond acceptors (Lipinski definition) is 5. The molecule has 0 fully saturated rings. The van der Waals surface area contributed by atoms with Crippen molar-refractivity contribution < 1.29 is 9.90 Å². The normalized spacial score (nSPS) is 11.4. The van der Waals surface area contributed by atoms with E-state index < -0.39 is 0 Å². The van der Waals surface area contributed by atoms with Crippen LogP contribution in [-0.2, 0) is 11.2 Å². The van der Waals surface area contributed by atoms with Crippen molar-refractivity contribution in [3.05, 3.63) is 70.4 Å². The van der Waals surface area contributed by atoms with Crippen LogP contribution in [0.5, 0.6) is 5.75 Å². The van der Waals surface area contributed by atoms with Crippen LogP contribution < -0.4 is 11.1 Å². The number of amidine groups is 1. The number of anilines is 1. The lowest BCUT2D eigenvalue weighted by molar-refractivity contribution is -0.116. The highest BCUT2D eigenvalue weighted by atomic mass is 32.2. The molecule has 0 saturated carbocycles.